The third-order valence-corrected chi connectivity index (χ3v) is 5.06. The molecule has 0 fully saturated rings. The molecule has 4 nitrogen and oxygen atoms in total. The van der Waals surface area contributed by atoms with Crippen molar-refractivity contribution < 1.29 is 9.59 Å². The van der Waals surface area contributed by atoms with Crippen molar-refractivity contribution in [3.63, 3.8) is 0 Å². The van der Waals surface area contributed by atoms with Gasteiger partial charge >= 0.3 is 0 Å². The van der Waals surface area contributed by atoms with Crippen LogP contribution in [0.15, 0.2) is 48.0 Å². The van der Waals surface area contributed by atoms with Crippen LogP contribution < -0.4 is 5.32 Å². The van der Waals surface area contributed by atoms with E-state index in [1.807, 2.05) is 41.8 Å². The molecule has 0 bridgehead atoms. The summed E-state index contributed by atoms with van der Waals surface area (Å²) in [5.74, 6) is -0.0925. The largest absolute Gasteiger partial charge is 0.356 e. The fourth-order valence-corrected chi connectivity index (χ4v) is 3.65. The summed E-state index contributed by atoms with van der Waals surface area (Å²) >= 11 is 1.69. The Morgan fingerprint density at radius 1 is 1.21 bits per heavy atom. The first-order valence-corrected chi connectivity index (χ1v) is 8.88. The SMILES string of the molecule is CC(=O)N1C=Cc2ccccc2C1CC(=O)NCCc1cccs1. The third-order valence-electron chi connectivity index (χ3n) is 4.12. The van der Waals surface area contributed by atoms with Gasteiger partial charge in [0.1, 0.15) is 0 Å². The fraction of sp³-hybridized carbons (Fsp3) is 0.263. The van der Waals surface area contributed by atoms with Gasteiger partial charge in [-0.05, 0) is 35.1 Å². The lowest BCUT2D eigenvalue weighted by Crippen LogP contribution is -2.35. The second kappa shape index (κ2) is 7.45. The van der Waals surface area contributed by atoms with E-state index in [1.54, 1.807) is 22.4 Å². The van der Waals surface area contributed by atoms with Gasteiger partial charge in [0.15, 0.2) is 0 Å². The molecule has 1 aromatic heterocycles. The molecule has 2 aromatic rings. The van der Waals surface area contributed by atoms with Gasteiger partial charge in [-0.3, -0.25) is 9.59 Å². The highest BCUT2D eigenvalue weighted by molar-refractivity contribution is 7.09. The predicted molar refractivity (Wildman–Crippen MR) is 96.4 cm³/mol. The lowest BCUT2D eigenvalue weighted by Gasteiger charge is -2.32. The van der Waals surface area contributed by atoms with Crippen LogP contribution in [-0.2, 0) is 16.0 Å². The quantitative estimate of drug-likeness (QED) is 0.907. The topological polar surface area (TPSA) is 49.4 Å². The average Bonchev–Trinajstić information content (AvgIpc) is 3.08. The molecule has 1 aliphatic heterocycles. The molecule has 0 radical (unpaired) electrons. The maximum absolute atomic E-state index is 12.3. The zero-order chi connectivity index (χ0) is 16.9. The minimum Gasteiger partial charge on any atom is -0.356 e. The van der Waals surface area contributed by atoms with Gasteiger partial charge in [-0.2, -0.15) is 0 Å². The highest BCUT2D eigenvalue weighted by atomic mass is 32.1. The summed E-state index contributed by atoms with van der Waals surface area (Å²) in [5, 5.41) is 5.00. The summed E-state index contributed by atoms with van der Waals surface area (Å²) in [6.07, 6.45) is 4.79. The van der Waals surface area contributed by atoms with Crippen LogP contribution in [0.25, 0.3) is 6.08 Å². The molecule has 1 unspecified atom stereocenters. The molecule has 1 atom stereocenters. The van der Waals surface area contributed by atoms with Crippen molar-refractivity contribution in [2.24, 2.45) is 0 Å². The standard InChI is InChI=1S/C19H20N2O2S/c1-14(22)21-11-9-15-5-2-3-7-17(15)18(21)13-19(23)20-10-8-16-6-4-12-24-16/h2-7,9,11-12,18H,8,10,13H2,1H3,(H,20,23). The molecule has 2 heterocycles. The first-order chi connectivity index (χ1) is 11.6. The normalized spacial score (nSPS) is 15.9. The van der Waals surface area contributed by atoms with Crippen molar-refractivity contribution in [1.82, 2.24) is 10.2 Å². The molecule has 1 aliphatic rings. The molecule has 5 heteroatoms. The van der Waals surface area contributed by atoms with Crippen LogP contribution in [0.5, 0.6) is 0 Å². The molecule has 0 saturated heterocycles. The number of fused-ring (bicyclic) bond motifs is 1. The number of benzene rings is 1. The number of nitrogens with zero attached hydrogens (tertiary/aromatic N) is 1. The maximum Gasteiger partial charge on any atom is 0.223 e. The van der Waals surface area contributed by atoms with Crippen molar-refractivity contribution in [3.05, 3.63) is 64.0 Å². The number of rotatable bonds is 5. The Balaban J connectivity index is 1.65. The molecule has 1 N–H and O–H groups in total. The summed E-state index contributed by atoms with van der Waals surface area (Å²) in [4.78, 5) is 27.2. The monoisotopic (exact) mass is 340 g/mol. The van der Waals surface area contributed by atoms with Gasteiger partial charge in [0.25, 0.3) is 0 Å². The number of carbonyl (C=O) groups is 2. The Morgan fingerprint density at radius 2 is 2.04 bits per heavy atom. The second-order valence-electron chi connectivity index (χ2n) is 5.77. The highest BCUT2D eigenvalue weighted by Crippen LogP contribution is 2.32. The molecule has 124 valence electrons. The summed E-state index contributed by atoms with van der Waals surface area (Å²) in [6.45, 7) is 2.14. The van der Waals surface area contributed by atoms with Crippen molar-refractivity contribution >= 4 is 29.2 Å². The number of thiophene rings is 1. The Morgan fingerprint density at radius 3 is 2.79 bits per heavy atom. The number of nitrogens with one attached hydrogen (secondary N) is 1. The van der Waals surface area contributed by atoms with Crippen LogP contribution in [0.1, 0.15) is 35.4 Å². The predicted octanol–water partition coefficient (Wildman–Crippen LogP) is 3.37. The van der Waals surface area contributed by atoms with Gasteiger partial charge in [-0.15, -0.1) is 11.3 Å². The van der Waals surface area contributed by atoms with Gasteiger partial charge in [0, 0.05) is 24.5 Å². The van der Waals surface area contributed by atoms with Crippen molar-refractivity contribution in [1.29, 1.82) is 0 Å². The van der Waals surface area contributed by atoms with E-state index in [0.29, 0.717) is 6.54 Å². The number of hydrogen-bond acceptors (Lipinski definition) is 3. The molecule has 0 saturated carbocycles. The van der Waals surface area contributed by atoms with Crippen molar-refractivity contribution in [2.75, 3.05) is 6.54 Å². The molecular weight excluding hydrogens is 320 g/mol. The van der Waals surface area contributed by atoms with E-state index in [2.05, 4.69) is 11.4 Å². The summed E-state index contributed by atoms with van der Waals surface area (Å²) in [5.41, 5.74) is 2.08. The van der Waals surface area contributed by atoms with Crippen LogP contribution in [0.4, 0.5) is 0 Å². The lowest BCUT2D eigenvalue weighted by molar-refractivity contribution is -0.129. The van der Waals surface area contributed by atoms with Crippen LogP contribution >= 0.6 is 11.3 Å². The van der Waals surface area contributed by atoms with Crippen LogP contribution in [0.3, 0.4) is 0 Å². The van der Waals surface area contributed by atoms with Gasteiger partial charge in [0.05, 0.1) is 12.5 Å². The number of carbonyl (C=O) groups excluding carboxylic acids is 2. The zero-order valence-corrected chi connectivity index (χ0v) is 14.4. The fourth-order valence-electron chi connectivity index (χ4n) is 2.94. The Labute approximate surface area is 145 Å². The Bertz CT molecular complexity index is 752. The first-order valence-electron chi connectivity index (χ1n) is 8.00. The summed E-state index contributed by atoms with van der Waals surface area (Å²) < 4.78 is 0. The zero-order valence-electron chi connectivity index (χ0n) is 13.6. The molecule has 24 heavy (non-hydrogen) atoms. The molecule has 0 aliphatic carbocycles. The first kappa shape index (κ1) is 16.5. The van der Waals surface area contributed by atoms with E-state index >= 15 is 0 Å². The van der Waals surface area contributed by atoms with E-state index in [0.717, 1.165) is 17.5 Å². The van der Waals surface area contributed by atoms with Crippen LogP contribution in [0.2, 0.25) is 0 Å². The van der Waals surface area contributed by atoms with E-state index in [1.165, 1.54) is 11.8 Å². The molecule has 1 aromatic carbocycles. The maximum atomic E-state index is 12.3. The summed E-state index contributed by atoms with van der Waals surface area (Å²) in [6, 6.07) is 11.7. The molecule has 0 spiro atoms. The third kappa shape index (κ3) is 3.74. The smallest absolute Gasteiger partial charge is 0.223 e. The van der Waals surface area contributed by atoms with Crippen LogP contribution in [0, 0.1) is 0 Å². The van der Waals surface area contributed by atoms with Gasteiger partial charge in [-0.1, -0.05) is 30.3 Å². The van der Waals surface area contributed by atoms with E-state index < -0.39 is 0 Å². The summed E-state index contributed by atoms with van der Waals surface area (Å²) in [7, 11) is 0. The minimum atomic E-state index is -0.245. The lowest BCUT2D eigenvalue weighted by atomic mass is 9.93. The van der Waals surface area contributed by atoms with E-state index in [4.69, 9.17) is 0 Å². The highest BCUT2D eigenvalue weighted by Gasteiger charge is 2.27. The van der Waals surface area contributed by atoms with Crippen LogP contribution in [-0.4, -0.2) is 23.3 Å². The van der Waals surface area contributed by atoms with Crippen molar-refractivity contribution in [3.8, 4) is 0 Å². The Hall–Kier alpha value is -2.40. The van der Waals surface area contributed by atoms with E-state index in [-0.39, 0.29) is 24.3 Å². The van der Waals surface area contributed by atoms with Crippen molar-refractivity contribution in [2.45, 2.75) is 25.8 Å². The average molecular weight is 340 g/mol. The van der Waals surface area contributed by atoms with Gasteiger partial charge in [-0.25, -0.2) is 0 Å². The minimum absolute atomic E-state index is 0.0343. The van der Waals surface area contributed by atoms with E-state index in [9.17, 15) is 9.59 Å². The Kier molecular flexibility index (Phi) is 5.11. The second-order valence-corrected chi connectivity index (χ2v) is 6.80. The number of hydrogen-bond donors (Lipinski definition) is 1. The number of amides is 2. The van der Waals surface area contributed by atoms with Gasteiger partial charge in [0.2, 0.25) is 11.8 Å². The molecular formula is C19H20N2O2S. The molecule has 2 amide bonds. The molecule has 3 rings (SSSR count). The van der Waals surface area contributed by atoms with Gasteiger partial charge < -0.3 is 10.2 Å².